The van der Waals surface area contributed by atoms with Crippen molar-refractivity contribution in [3.63, 3.8) is 0 Å². The van der Waals surface area contributed by atoms with Crippen LogP contribution >= 0.6 is 0 Å². The first-order valence-corrected chi connectivity index (χ1v) is 13.4. The van der Waals surface area contributed by atoms with E-state index in [1.807, 2.05) is 30.3 Å². The van der Waals surface area contributed by atoms with E-state index in [4.69, 9.17) is 0 Å². The third-order valence-corrected chi connectivity index (χ3v) is 8.79. The molecule has 2 fully saturated rings. The average molecular weight is 535 g/mol. The molecule has 7 heteroatoms. The molecular formula is C32H33F3N2O2. The summed E-state index contributed by atoms with van der Waals surface area (Å²) >= 11 is 0. The van der Waals surface area contributed by atoms with Gasteiger partial charge in [-0.2, -0.15) is 0 Å². The Morgan fingerprint density at radius 1 is 0.897 bits per heavy atom. The number of carbonyl (C=O) groups excluding carboxylic acids is 2. The molecule has 0 spiro atoms. The third-order valence-electron chi connectivity index (χ3n) is 8.79. The third kappa shape index (κ3) is 5.12. The molecule has 1 heterocycles. The Bertz CT molecular complexity index is 1350. The van der Waals surface area contributed by atoms with Gasteiger partial charge < -0.3 is 9.80 Å². The molecule has 1 saturated carbocycles. The molecule has 39 heavy (non-hydrogen) atoms. The highest BCUT2D eigenvalue weighted by Crippen LogP contribution is 2.56. The number of amides is 1. The van der Waals surface area contributed by atoms with Gasteiger partial charge in [-0.1, -0.05) is 48.5 Å². The largest absolute Gasteiger partial charge is 0.341 e. The molecule has 1 saturated heterocycles. The number of ketones is 1. The lowest BCUT2D eigenvalue weighted by molar-refractivity contribution is -0.133. The standard InChI is InChI=1S/C32H33F3N2O2/c1-22(38)31(24-6-4-3-5-7-24)14-16-37(17-15-31)21-26-19-32(26,25-10-13-28(34)29(35)18-25)30(39)36(2)20-23-8-11-27(33)12-9-23/h3-13,18,26H,14-17,19-21H2,1-2H3/t26-,32+/m0/s1. The molecule has 204 valence electrons. The summed E-state index contributed by atoms with van der Waals surface area (Å²) < 4.78 is 41.5. The normalized spacial score (nSPS) is 22.3. The highest BCUT2D eigenvalue weighted by molar-refractivity contribution is 5.92. The van der Waals surface area contributed by atoms with E-state index >= 15 is 0 Å². The topological polar surface area (TPSA) is 40.6 Å². The fourth-order valence-electron chi connectivity index (χ4n) is 6.37. The summed E-state index contributed by atoms with van der Waals surface area (Å²) in [6, 6.07) is 19.6. The molecule has 3 aromatic rings. The molecular weight excluding hydrogens is 501 g/mol. The van der Waals surface area contributed by atoms with Crippen LogP contribution in [0.4, 0.5) is 13.2 Å². The molecule has 1 aliphatic heterocycles. The number of nitrogens with zero attached hydrogens (tertiary/aromatic N) is 2. The van der Waals surface area contributed by atoms with Crippen molar-refractivity contribution in [1.29, 1.82) is 0 Å². The van der Waals surface area contributed by atoms with Gasteiger partial charge in [-0.15, -0.1) is 0 Å². The first-order valence-electron chi connectivity index (χ1n) is 13.4. The Morgan fingerprint density at radius 3 is 2.18 bits per heavy atom. The highest BCUT2D eigenvalue weighted by atomic mass is 19.2. The molecule has 4 nitrogen and oxygen atoms in total. The summed E-state index contributed by atoms with van der Waals surface area (Å²) in [7, 11) is 1.69. The van der Waals surface area contributed by atoms with Crippen molar-refractivity contribution in [1.82, 2.24) is 9.80 Å². The zero-order valence-corrected chi connectivity index (χ0v) is 22.3. The number of halogens is 3. The number of hydrogen-bond donors (Lipinski definition) is 0. The minimum Gasteiger partial charge on any atom is -0.341 e. The van der Waals surface area contributed by atoms with E-state index in [1.54, 1.807) is 31.0 Å². The van der Waals surface area contributed by atoms with Gasteiger partial charge in [-0.05, 0) is 86.1 Å². The van der Waals surface area contributed by atoms with Gasteiger partial charge >= 0.3 is 0 Å². The summed E-state index contributed by atoms with van der Waals surface area (Å²) in [6.45, 7) is 3.97. The van der Waals surface area contributed by atoms with Crippen molar-refractivity contribution in [3.05, 3.63) is 107 Å². The number of hydrogen-bond acceptors (Lipinski definition) is 3. The van der Waals surface area contributed by atoms with Gasteiger partial charge in [0.15, 0.2) is 11.6 Å². The zero-order chi connectivity index (χ0) is 27.8. The van der Waals surface area contributed by atoms with E-state index in [1.165, 1.54) is 18.2 Å². The lowest BCUT2D eigenvalue weighted by atomic mass is 9.70. The maximum atomic E-state index is 14.3. The van der Waals surface area contributed by atoms with Gasteiger partial charge in [0.2, 0.25) is 5.91 Å². The molecule has 1 amide bonds. The van der Waals surface area contributed by atoms with Crippen LogP contribution in [0.3, 0.4) is 0 Å². The van der Waals surface area contributed by atoms with Gasteiger partial charge in [0.1, 0.15) is 11.6 Å². The van der Waals surface area contributed by atoms with E-state index in [-0.39, 0.29) is 30.0 Å². The second kappa shape index (κ2) is 10.6. The zero-order valence-electron chi connectivity index (χ0n) is 22.3. The number of likely N-dealkylation sites (N-methyl/N-ethyl adjacent to an activating group) is 1. The minimum absolute atomic E-state index is 0.0768. The van der Waals surface area contributed by atoms with Crippen LogP contribution in [0.5, 0.6) is 0 Å². The maximum absolute atomic E-state index is 14.3. The lowest BCUT2D eigenvalue weighted by Crippen LogP contribution is -2.47. The smallest absolute Gasteiger partial charge is 0.233 e. The van der Waals surface area contributed by atoms with Gasteiger partial charge in [0, 0.05) is 20.1 Å². The second-order valence-electron chi connectivity index (χ2n) is 11.1. The fraction of sp³-hybridized carbons (Fsp3) is 0.375. The lowest BCUT2D eigenvalue weighted by Gasteiger charge is -2.41. The number of rotatable bonds is 8. The number of piperidine rings is 1. The SMILES string of the molecule is CC(=O)C1(c2ccccc2)CCN(C[C@@H]2C[C@@]2(C(=O)N(C)Cc2ccc(F)cc2)c2ccc(F)c(F)c2)CC1. The van der Waals surface area contributed by atoms with E-state index < -0.39 is 22.5 Å². The van der Waals surface area contributed by atoms with Gasteiger partial charge in [0.05, 0.1) is 10.8 Å². The number of carbonyl (C=O) groups is 2. The predicted molar refractivity (Wildman–Crippen MR) is 143 cm³/mol. The molecule has 0 bridgehead atoms. The number of benzene rings is 3. The van der Waals surface area contributed by atoms with E-state index in [0.717, 1.165) is 23.3 Å². The average Bonchev–Trinajstić information content (AvgIpc) is 3.66. The van der Waals surface area contributed by atoms with Crippen LogP contribution in [0.25, 0.3) is 0 Å². The summed E-state index contributed by atoms with van der Waals surface area (Å²) in [5.74, 6) is -2.35. The van der Waals surface area contributed by atoms with E-state index in [2.05, 4.69) is 4.90 Å². The van der Waals surface area contributed by atoms with Crippen molar-refractivity contribution < 1.29 is 22.8 Å². The van der Waals surface area contributed by atoms with Crippen LogP contribution in [0.15, 0.2) is 72.8 Å². The van der Waals surface area contributed by atoms with E-state index in [9.17, 15) is 22.8 Å². The molecule has 0 unspecified atom stereocenters. The van der Waals surface area contributed by atoms with Crippen molar-refractivity contribution in [3.8, 4) is 0 Å². The Hall–Kier alpha value is -3.45. The van der Waals surface area contributed by atoms with Crippen molar-refractivity contribution >= 4 is 11.7 Å². The summed E-state index contributed by atoms with van der Waals surface area (Å²) in [6.07, 6.45) is 1.91. The van der Waals surface area contributed by atoms with Crippen LogP contribution in [-0.2, 0) is 27.0 Å². The second-order valence-corrected chi connectivity index (χ2v) is 11.1. The Labute approximate surface area is 227 Å². The summed E-state index contributed by atoms with van der Waals surface area (Å²) in [5.41, 5.74) is 0.822. The highest BCUT2D eigenvalue weighted by Gasteiger charge is 2.62. The quantitative estimate of drug-likeness (QED) is 0.376. The Morgan fingerprint density at radius 2 is 1.56 bits per heavy atom. The van der Waals surface area contributed by atoms with Gasteiger partial charge in [-0.3, -0.25) is 9.59 Å². The molecule has 0 radical (unpaired) electrons. The first kappa shape index (κ1) is 27.1. The number of likely N-dealkylation sites (tertiary alicyclic amines) is 1. The van der Waals surface area contributed by atoms with Crippen LogP contribution in [-0.4, -0.2) is 48.2 Å². The monoisotopic (exact) mass is 534 g/mol. The van der Waals surface area contributed by atoms with Crippen molar-refractivity contribution in [2.45, 2.75) is 43.6 Å². The predicted octanol–water partition coefficient (Wildman–Crippen LogP) is 5.64. The van der Waals surface area contributed by atoms with Gasteiger partial charge in [-0.25, -0.2) is 13.2 Å². The van der Waals surface area contributed by atoms with Crippen LogP contribution in [0.2, 0.25) is 0 Å². The van der Waals surface area contributed by atoms with Crippen molar-refractivity contribution in [2.75, 3.05) is 26.7 Å². The molecule has 2 atom stereocenters. The fourth-order valence-corrected chi connectivity index (χ4v) is 6.37. The minimum atomic E-state index is -0.974. The summed E-state index contributed by atoms with van der Waals surface area (Å²) in [5, 5.41) is 0. The number of Topliss-reactive ketones (excluding diaryl/α,β-unsaturated/α-hetero) is 1. The van der Waals surface area contributed by atoms with Crippen LogP contribution in [0.1, 0.15) is 42.9 Å². The molecule has 1 aliphatic carbocycles. The van der Waals surface area contributed by atoms with E-state index in [0.29, 0.717) is 44.5 Å². The molecule has 2 aliphatic rings. The molecule has 5 rings (SSSR count). The van der Waals surface area contributed by atoms with Crippen molar-refractivity contribution in [2.24, 2.45) is 5.92 Å². The first-order chi connectivity index (χ1) is 18.7. The molecule has 0 aromatic heterocycles. The summed E-state index contributed by atoms with van der Waals surface area (Å²) in [4.78, 5) is 30.6. The molecule has 0 N–H and O–H groups in total. The molecule has 3 aromatic carbocycles. The van der Waals surface area contributed by atoms with Gasteiger partial charge in [0.25, 0.3) is 0 Å². The Kier molecular flexibility index (Phi) is 7.38. The Balaban J connectivity index is 1.34. The van der Waals surface area contributed by atoms with Crippen LogP contribution in [0, 0.1) is 23.4 Å². The van der Waals surface area contributed by atoms with Crippen LogP contribution < -0.4 is 0 Å². The maximum Gasteiger partial charge on any atom is 0.233 e.